The number of aryl methyl sites for hydroxylation is 1. The van der Waals surface area contributed by atoms with Crippen molar-refractivity contribution in [3.63, 3.8) is 0 Å². The molecule has 1 aliphatic rings. The Balaban J connectivity index is 1.43. The minimum absolute atomic E-state index is 0.0529. The smallest absolute Gasteiger partial charge is 0.265 e. The van der Waals surface area contributed by atoms with Crippen LogP contribution >= 0.6 is 0 Å². The zero-order valence-electron chi connectivity index (χ0n) is 15.2. The summed E-state index contributed by atoms with van der Waals surface area (Å²) in [5, 5.41) is 3.97. The molecule has 0 bridgehead atoms. The molecule has 1 N–H and O–H groups in total. The number of imidazole rings is 1. The van der Waals surface area contributed by atoms with Crippen LogP contribution in [0.25, 0.3) is 11.0 Å². The number of benzene rings is 1. The van der Waals surface area contributed by atoms with Crippen molar-refractivity contribution in [3.8, 4) is 0 Å². The molecule has 3 heterocycles. The fraction of sp³-hybridized carbons (Fsp3) is 0.444. The average Bonchev–Trinajstić information content (AvgIpc) is 3.26. The van der Waals surface area contributed by atoms with Gasteiger partial charge in [0.1, 0.15) is 5.82 Å². The number of nitrogens with zero attached hydrogens (tertiary/aromatic N) is 5. The summed E-state index contributed by atoms with van der Waals surface area (Å²) in [6.45, 7) is 3.28. The number of amides is 1. The van der Waals surface area contributed by atoms with E-state index in [1.165, 1.54) is 0 Å². The molecule has 0 radical (unpaired) electrons. The zero-order valence-corrected chi connectivity index (χ0v) is 15.2. The first-order valence-corrected chi connectivity index (χ1v) is 8.78. The SMILES string of the molecule is Cc1nc2ccc(C(=O)N3CCC(c4nc(N(C)C)no4)CC3)cc2[nH]1. The van der Waals surface area contributed by atoms with Gasteiger partial charge in [-0.1, -0.05) is 0 Å². The fourth-order valence-electron chi connectivity index (χ4n) is 3.36. The first-order chi connectivity index (χ1) is 12.5. The van der Waals surface area contributed by atoms with Gasteiger partial charge >= 0.3 is 0 Å². The number of carbonyl (C=O) groups is 1. The maximum Gasteiger partial charge on any atom is 0.265 e. The van der Waals surface area contributed by atoms with E-state index >= 15 is 0 Å². The number of H-pyrrole nitrogens is 1. The van der Waals surface area contributed by atoms with Crippen LogP contribution in [0.3, 0.4) is 0 Å². The van der Waals surface area contributed by atoms with Crippen LogP contribution in [0.2, 0.25) is 0 Å². The highest BCUT2D eigenvalue weighted by Crippen LogP contribution is 2.28. The molecule has 1 aliphatic heterocycles. The molecule has 8 heteroatoms. The third-order valence-electron chi connectivity index (χ3n) is 4.81. The van der Waals surface area contributed by atoms with Crippen molar-refractivity contribution >= 4 is 22.9 Å². The lowest BCUT2D eigenvalue weighted by molar-refractivity contribution is 0.0704. The molecule has 0 aliphatic carbocycles. The molecule has 4 rings (SSSR count). The molecule has 0 spiro atoms. The standard InChI is InChI=1S/C18H22N6O2/c1-11-19-14-5-4-13(10-15(14)20-11)17(25)24-8-6-12(7-9-24)16-21-18(22-26-16)23(2)3/h4-5,10,12H,6-9H2,1-3H3,(H,19,20). The monoisotopic (exact) mass is 354 g/mol. The number of rotatable bonds is 3. The number of aromatic amines is 1. The van der Waals surface area contributed by atoms with Gasteiger partial charge < -0.3 is 19.3 Å². The molecule has 26 heavy (non-hydrogen) atoms. The normalized spacial score (nSPS) is 15.6. The Morgan fingerprint density at radius 2 is 2.04 bits per heavy atom. The van der Waals surface area contributed by atoms with Crippen molar-refractivity contribution < 1.29 is 9.32 Å². The number of fused-ring (bicyclic) bond motifs is 1. The summed E-state index contributed by atoms with van der Waals surface area (Å²) in [7, 11) is 3.77. The summed E-state index contributed by atoms with van der Waals surface area (Å²) in [4.78, 5) is 28.5. The molecule has 1 aromatic carbocycles. The van der Waals surface area contributed by atoms with E-state index in [4.69, 9.17) is 4.52 Å². The maximum atomic E-state index is 12.8. The van der Waals surface area contributed by atoms with Crippen LogP contribution in [0.5, 0.6) is 0 Å². The van der Waals surface area contributed by atoms with Crippen LogP contribution in [0.4, 0.5) is 5.95 Å². The Kier molecular flexibility index (Phi) is 4.10. The van der Waals surface area contributed by atoms with Crippen LogP contribution < -0.4 is 4.90 Å². The predicted molar refractivity (Wildman–Crippen MR) is 97.3 cm³/mol. The van der Waals surface area contributed by atoms with E-state index in [-0.39, 0.29) is 11.8 Å². The lowest BCUT2D eigenvalue weighted by atomic mass is 9.96. The van der Waals surface area contributed by atoms with Gasteiger partial charge in [-0.15, -0.1) is 0 Å². The van der Waals surface area contributed by atoms with E-state index in [1.807, 2.05) is 49.0 Å². The number of carbonyl (C=O) groups excluding carboxylic acids is 1. The van der Waals surface area contributed by atoms with Crippen LogP contribution in [0, 0.1) is 6.92 Å². The number of piperidine rings is 1. The largest absolute Gasteiger partial charge is 0.344 e. The van der Waals surface area contributed by atoms with Gasteiger partial charge in [-0.3, -0.25) is 4.79 Å². The van der Waals surface area contributed by atoms with Gasteiger partial charge in [0, 0.05) is 38.7 Å². The maximum absolute atomic E-state index is 12.8. The molecule has 0 unspecified atom stereocenters. The minimum Gasteiger partial charge on any atom is -0.344 e. The lowest BCUT2D eigenvalue weighted by Gasteiger charge is -2.30. The van der Waals surface area contributed by atoms with Crippen LogP contribution in [-0.4, -0.2) is 58.1 Å². The molecule has 1 fully saturated rings. The van der Waals surface area contributed by atoms with Crippen LogP contribution in [0.15, 0.2) is 22.7 Å². The van der Waals surface area contributed by atoms with Gasteiger partial charge in [-0.05, 0) is 43.1 Å². The summed E-state index contributed by atoms with van der Waals surface area (Å²) in [6, 6.07) is 5.61. The summed E-state index contributed by atoms with van der Waals surface area (Å²) in [6.07, 6.45) is 1.65. The molecular formula is C18H22N6O2. The van der Waals surface area contributed by atoms with Gasteiger partial charge in [0.2, 0.25) is 5.89 Å². The van der Waals surface area contributed by atoms with E-state index in [0.29, 0.717) is 30.5 Å². The van der Waals surface area contributed by atoms with Crippen LogP contribution in [-0.2, 0) is 0 Å². The Labute approximate surface area is 151 Å². The number of hydrogen-bond donors (Lipinski definition) is 1. The van der Waals surface area contributed by atoms with Crippen molar-refractivity contribution in [1.82, 2.24) is 25.0 Å². The molecule has 1 amide bonds. The lowest BCUT2D eigenvalue weighted by Crippen LogP contribution is -2.38. The first kappa shape index (κ1) is 16.6. The second-order valence-corrected chi connectivity index (χ2v) is 6.95. The summed E-state index contributed by atoms with van der Waals surface area (Å²) in [5.74, 6) is 2.36. The number of likely N-dealkylation sites (tertiary alicyclic amines) is 1. The summed E-state index contributed by atoms with van der Waals surface area (Å²) in [5.41, 5.74) is 2.46. The predicted octanol–water partition coefficient (Wildman–Crippen LogP) is 2.34. The Morgan fingerprint density at radius 1 is 1.27 bits per heavy atom. The van der Waals surface area contributed by atoms with Crippen molar-refractivity contribution in [2.24, 2.45) is 0 Å². The number of nitrogens with one attached hydrogen (secondary N) is 1. The van der Waals surface area contributed by atoms with E-state index in [0.717, 1.165) is 29.7 Å². The highest BCUT2D eigenvalue weighted by atomic mass is 16.5. The Morgan fingerprint density at radius 3 is 2.73 bits per heavy atom. The highest BCUT2D eigenvalue weighted by Gasteiger charge is 2.28. The minimum atomic E-state index is 0.0529. The van der Waals surface area contributed by atoms with E-state index in [2.05, 4.69) is 20.1 Å². The van der Waals surface area contributed by atoms with Crippen LogP contribution in [0.1, 0.15) is 40.8 Å². The van der Waals surface area contributed by atoms with Gasteiger partial charge in [-0.2, -0.15) is 4.98 Å². The van der Waals surface area contributed by atoms with E-state index in [1.54, 1.807) is 0 Å². The second-order valence-electron chi connectivity index (χ2n) is 6.95. The molecule has 8 nitrogen and oxygen atoms in total. The first-order valence-electron chi connectivity index (χ1n) is 8.78. The number of aromatic nitrogens is 4. The molecule has 1 saturated heterocycles. The summed E-state index contributed by atoms with van der Waals surface area (Å²) >= 11 is 0. The van der Waals surface area contributed by atoms with Gasteiger partial charge in [0.05, 0.1) is 11.0 Å². The Hall–Kier alpha value is -2.90. The van der Waals surface area contributed by atoms with Crippen molar-refractivity contribution in [1.29, 1.82) is 0 Å². The van der Waals surface area contributed by atoms with Gasteiger partial charge in [0.25, 0.3) is 11.9 Å². The number of hydrogen-bond acceptors (Lipinski definition) is 6. The quantitative estimate of drug-likeness (QED) is 0.776. The molecule has 0 saturated carbocycles. The molecular weight excluding hydrogens is 332 g/mol. The van der Waals surface area contributed by atoms with E-state index in [9.17, 15) is 4.79 Å². The van der Waals surface area contributed by atoms with Crippen molar-refractivity contribution in [2.75, 3.05) is 32.1 Å². The number of anilines is 1. The van der Waals surface area contributed by atoms with Crippen molar-refractivity contribution in [3.05, 3.63) is 35.5 Å². The molecule has 3 aromatic rings. The highest BCUT2D eigenvalue weighted by molar-refractivity contribution is 5.97. The fourth-order valence-corrected chi connectivity index (χ4v) is 3.36. The zero-order chi connectivity index (χ0) is 18.3. The molecule has 136 valence electrons. The third-order valence-corrected chi connectivity index (χ3v) is 4.81. The van der Waals surface area contributed by atoms with Crippen molar-refractivity contribution in [2.45, 2.75) is 25.7 Å². The average molecular weight is 354 g/mol. The molecule has 2 aromatic heterocycles. The third kappa shape index (κ3) is 3.02. The van der Waals surface area contributed by atoms with Gasteiger partial charge in [0.15, 0.2) is 0 Å². The van der Waals surface area contributed by atoms with Gasteiger partial charge in [-0.25, -0.2) is 4.98 Å². The second kappa shape index (κ2) is 6.44. The molecule has 0 atom stereocenters. The Bertz CT molecular complexity index is 936. The van der Waals surface area contributed by atoms with E-state index < -0.39 is 0 Å². The topological polar surface area (TPSA) is 91.2 Å². The summed E-state index contributed by atoms with van der Waals surface area (Å²) < 4.78 is 5.38.